The molecule has 0 bridgehead atoms. The van der Waals surface area contributed by atoms with Crippen LogP contribution in [0.3, 0.4) is 0 Å². The fourth-order valence-electron chi connectivity index (χ4n) is 3.36. The van der Waals surface area contributed by atoms with Crippen molar-refractivity contribution in [3.05, 3.63) is 53.6 Å². The Morgan fingerprint density at radius 2 is 1.83 bits per heavy atom. The molecule has 0 saturated heterocycles. The molecule has 92 valence electrons. The lowest BCUT2D eigenvalue weighted by molar-refractivity contribution is 0.394. The van der Waals surface area contributed by atoms with Gasteiger partial charge in [-0.05, 0) is 27.9 Å². The van der Waals surface area contributed by atoms with Crippen LogP contribution in [-0.4, -0.2) is 17.2 Å². The van der Waals surface area contributed by atoms with E-state index < -0.39 is 7.12 Å². The Balaban J connectivity index is 2.16. The van der Waals surface area contributed by atoms with Crippen LogP contribution in [0.15, 0.2) is 42.5 Å². The summed E-state index contributed by atoms with van der Waals surface area (Å²) in [7, 11) is -1.39. The van der Waals surface area contributed by atoms with E-state index in [9.17, 15) is 10.0 Å². The van der Waals surface area contributed by atoms with Gasteiger partial charge in [-0.1, -0.05) is 56.4 Å². The second-order valence-electron chi connectivity index (χ2n) is 5.76. The third-order valence-corrected chi connectivity index (χ3v) is 4.40. The highest BCUT2D eigenvalue weighted by atomic mass is 16.4. The maximum atomic E-state index is 9.31. The smallest absolute Gasteiger partial charge is 0.423 e. The lowest BCUT2D eigenvalue weighted by Crippen LogP contribution is -2.31. The summed E-state index contributed by atoms with van der Waals surface area (Å²) in [6.07, 6.45) is 8.71. The van der Waals surface area contributed by atoms with Crippen LogP contribution in [0.1, 0.15) is 30.9 Å². The molecule has 0 saturated carbocycles. The molecule has 18 heavy (non-hydrogen) atoms. The Morgan fingerprint density at radius 3 is 2.56 bits per heavy atom. The standard InChI is InChI=1S/C15H17BO2/c1-15(2)13-6-4-3-5-11(13)12-8-7-10(16(17)18)9-14(12)15/h3-9,11,13,17-18H,1-2H3. The molecule has 0 radical (unpaired) electrons. The molecule has 2 nitrogen and oxygen atoms in total. The Kier molecular flexibility index (Phi) is 2.51. The molecule has 1 aromatic rings. The minimum atomic E-state index is -1.39. The Labute approximate surface area is 108 Å². The van der Waals surface area contributed by atoms with Crippen molar-refractivity contribution in [3.63, 3.8) is 0 Å². The third kappa shape index (κ3) is 1.51. The lowest BCUT2D eigenvalue weighted by atomic mass is 9.73. The SMILES string of the molecule is CC1(C)c2cc(B(O)O)ccc2C2C=CC=CC21. The third-order valence-electron chi connectivity index (χ3n) is 4.40. The molecule has 3 rings (SSSR count). The van der Waals surface area contributed by atoms with Crippen molar-refractivity contribution >= 4 is 12.6 Å². The van der Waals surface area contributed by atoms with Crippen LogP contribution in [0.2, 0.25) is 0 Å². The highest BCUT2D eigenvalue weighted by molar-refractivity contribution is 6.58. The molecule has 0 spiro atoms. The first kappa shape index (κ1) is 11.8. The summed E-state index contributed by atoms with van der Waals surface area (Å²) in [5.41, 5.74) is 3.16. The molecule has 0 fully saturated rings. The monoisotopic (exact) mass is 240 g/mol. The van der Waals surface area contributed by atoms with E-state index in [1.807, 2.05) is 18.2 Å². The van der Waals surface area contributed by atoms with Gasteiger partial charge in [0.15, 0.2) is 0 Å². The van der Waals surface area contributed by atoms with Crippen LogP contribution >= 0.6 is 0 Å². The van der Waals surface area contributed by atoms with Crippen molar-refractivity contribution in [2.75, 3.05) is 0 Å². The summed E-state index contributed by atoms with van der Waals surface area (Å²) < 4.78 is 0. The topological polar surface area (TPSA) is 40.5 Å². The van der Waals surface area contributed by atoms with Gasteiger partial charge >= 0.3 is 7.12 Å². The fraction of sp³-hybridized carbons (Fsp3) is 0.333. The van der Waals surface area contributed by atoms with E-state index in [0.717, 1.165) is 0 Å². The number of allylic oxidation sites excluding steroid dienone is 4. The minimum absolute atomic E-state index is 0.0339. The zero-order valence-corrected chi connectivity index (χ0v) is 10.7. The van der Waals surface area contributed by atoms with Crippen LogP contribution in [-0.2, 0) is 5.41 Å². The van der Waals surface area contributed by atoms with Gasteiger partial charge in [-0.3, -0.25) is 0 Å². The molecular weight excluding hydrogens is 223 g/mol. The molecule has 0 amide bonds. The van der Waals surface area contributed by atoms with Gasteiger partial charge in [0.05, 0.1) is 0 Å². The Hall–Kier alpha value is -1.32. The van der Waals surface area contributed by atoms with Gasteiger partial charge in [0.25, 0.3) is 0 Å². The molecule has 2 N–H and O–H groups in total. The quantitative estimate of drug-likeness (QED) is 0.730. The van der Waals surface area contributed by atoms with Gasteiger partial charge < -0.3 is 10.0 Å². The van der Waals surface area contributed by atoms with E-state index in [4.69, 9.17) is 0 Å². The number of hydrogen-bond donors (Lipinski definition) is 2. The molecule has 2 unspecified atom stereocenters. The highest BCUT2D eigenvalue weighted by Gasteiger charge is 2.44. The van der Waals surface area contributed by atoms with E-state index in [1.54, 1.807) is 0 Å². The first-order valence-electron chi connectivity index (χ1n) is 6.37. The summed E-state index contributed by atoms with van der Waals surface area (Å²) in [4.78, 5) is 0. The zero-order valence-electron chi connectivity index (χ0n) is 10.7. The van der Waals surface area contributed by atoms with Gasteiger partial charge in [-0.2, -0.15) is 0 Å². The molecule has 3 heteroatoms. The van der Waals surface area contributed by atoms with Gasteiger partial charge in [0, 0.05) is 5.92 Å². The maximum absolute atomic E-state index is 9.31. The van der Waals surface area contributed by atoms with Crippen molar-refractivity contribution in [2.24, 2.45) is 5.92 Å². The first-order chi connectivity index (χ1) is 8.51. The normalized spacial score (nSPS) is 26.9. The van der Waals surface area contributed by atoms with Crippen LogP contribution < -0.4 is 5.46 Å². The molecule has 2 atom stereocenters. The summed E-state index contributed by atoms with van der Waals surface area (Å²) >= 11 is 0. The van der Waals surface area contributed by atoms with E-state index in [0.29, 0.717) is 17.3 Å². The van der Waals surface area contributed by atoms with Crippen molar-refractivity contribution in [1.29, 1.82) is 0 Å². The lowest BCUT2D eigenvalue weighted by Gasteiger charge is -2.29. The van der Waals surface area contributed by atoms with Crippen molar-refractivity contribution in [2.45, 2.75) is 25.2 Å². The second-order valence-corrected chi connectivity index (χ2v) is 5.76. The van der Waals surface area contributed by atoms with E-state index in [-0.39, 0.29) is 5.41 Å². The molecule has 1 aromatic carbocycles. The van der Waals surface area contributed by atoms with E-state index in [2.05, 4.69) is 38.2 Å². The van der Waals surface area contributed by atoms with Crippen LogP contribution in [0.5, 0.6) is 0 Å². The van der Waals surface area contributed by atoms with Crippen LogP contribution in [0.4, 0.5) is 0 Å². The highest BCUT2D eigenvalue weighted by Crippen LogP contribution is 2.52. The van der Waals surface area contributed by atoms with E-state index >= 15 is 0 Å². The van der Waals surface area contributed by atoms with E-state index in [1.165, 1.54) is 11.1 Å². The van der Waals surface area contributed by atoms with Crippen LogP contribution in [0.25, 0.3) is 0 Å². The van der Waals surface area contributed by atoms with Crippen molar-refractivity contribution in [3.8, 4) is 0 Å². The second kappa shape index (κ2) is 3.84. The molecule has 2 aliphatic carbocycles. The van der Waals surface area contributed by atoms with Gasteiger partial charge in [0.1, 0.15) is 0 Å². The number of hydrogen-bond acceptors (Lipinski definition) is 2. The van der Waals surface area contributed by atoms with Crippen molar-refractivity contribution < 1.29 is 10.0 Å². The average Bonchev–Trinajstić information content (AvgIpc) is 2.59. The van der Waals surface area contributed by atoms with Gasteiger partial charge in [-0.15, -0.1) is 0 Å². The number of fused-ring (bicyclic) bond motifs is 3. The summed E-state index contributed by atoms with van der Waals surface area (Å²) in [6, 6.07) is 5.80. The molecule has 0 aliphatic heterocycles. The maximum Gasteiger partial charge on any atom is 0.488 e. The van der Waals surface area contributed by atoms with Gasteiger partial charge in [0.2, 0.25) is 0 Å². The predicted octanol–water partition coefficient (Wildman–Crippen LogP) is 1.48. The average molecular weight is 240 g/mol. The number of benzene rings is 1. The molecular formula is C15H17BO2. The predicted molar refractivity (Wildman–Crippen MR) is 73.8 cm³/mol. The first-order valence-corrected chi connectivity index (χ1v) is 6.37. The Morgan fingerprint density at radius 1 is 1.11 bits per heavy atom. The molecule has 0 heterocycles. The molecule has 2 aliphatic rings. The van der Waals surface area contributed by atoms with Crippen LogP contribution in [0, 0.1) is 5.92 Å². The molecule has 0 aromatic heterocycles. The minimum Gasteiger partial charge on any atom is -0.423 e. The summed E-state index contributed by atoms with van der Waals surface area (Å²) in [5.74, 6) is 0.883. The van der Waals surface area contributed by atoms with Gasteiger partial charge in [-0.25, -0.2) is 0 Å². The largest absolute Gasteiger partial charge is 0.488 e. The fourth-order valence-corrected chi connectivity index (χ4v) is 3.36. The Bertz CT molecular complexity index is 543. The number of rotatable bonds is 1. The zero-order chi connectivity index (χ0) is 12.9. The van der Waals surface area contributed by atoms with Crippen molar-refractivity contribution in [1.82, 2.24) is 0 Å². The summed E-state index contributed by atoms with van der Waals surface area (Å²) in [5, 5.41) is 18.6. The summed E-state index contributed by atoms with van der Waals surface area (Å²) in [6.45, 7) is 4.46.